The molecular weight excluding hydrogens is 172 g/mol. The Hall–Kier alpha value is -0.0400. The molecule has 14 heavy (non-hydrogen) atoms. The van der Waals surface area contributed by atoms with Crippen LogP contribution in [0.3, 0.4) is 0 Å². The highest BCUT2D eigenvalue weighted by Gasteiger charge is 2.08. The van der Waals surface area contributed by atoms with Gasteiger partial charge in [0.2, 0.25) is 0 Å². The van der Waals surface area contributed by atoms with Crippen molar-refractivity contribution in [3.8, 4) is 0 Å². The molecule has 0 spiro atoms. The summed E-state index contributed by atoms with van der Waals surface area (Å²) in [6.07, 6.45) is 8.73. The Morgan fingerprint density at radius 2 is 1.43 bits per heavy atom. The molecule has 0 fully saturated rings. The maximum absolute atomic E-state index is 9.06. The summed E-state index contributed by atoms with van der Waals surface area (Å²) in [5.74, 6) is 0. The minimum Gasteiger partial charge on any atom is -0.393 e. The lowest BCUT2D eigenvalue weighted by Crippen LogP contribution is -2.04. The van der Waals surface area contributed by atoms with E-state index in [9.17, 15) is 0 Å². The lowest BCUT2D eigenvalue weighted by Gasteiger charge is -2.17. The summed E-state index contributed by atoms with van der Waals surface area (Å²) in [6, 6.07) is 0. The molecule has 0 saturated carbocycles. The number of rotatable bonds is 7. The zero-order chi connectivity index (χ0) is 11.0. The van der Waals surface area contributed by atoms with E-state index in [0.717, 1.165) is 6.42 Å². The van der Waals surface area contributed by atoms with Crippen LogP contribution < -0.4 is 0 Å². The Labute approximate surface area is 89.9 Å². The summed E-state index contributed by atoms with van der Waals surface area (Å²) in [7, 11) is 0. The molecule has 1 nitrogen and oxygen atoms in total. The lowest BCUT2D eigenvalue weighted by molar-refractivity contribution is 0.180. The standard InChI is InChI=1S/C13H28O/c1-12(14)10-8-6-5-7-9-11-13(2,3)4/h12,14H,5-11H2,1-4H3. The van der Waals surface area contributed by atoms with Crippen molar-refractivity contribution < 1.29 is 5.11 Å². The maximum Gasteiger partial charge on any atom is 0.0512 e. The Balaban J connectivity index is 3.07. The largest absolute Gasteiger partial charge is 0.393 e. The van der Waals surface area contributed by atoms with Crippen LogP contribution in [-0.2, 0) is 0 Å². The predicted molar refractivity (Wildman–Crippen MR) is 63.5 cm³/mol. The number of aliphatic hydroxyl groups excluding tert-OH is 1. The Morgan fingerprint density at radius 1 is 0.929 bits per heavy atom. The lowest BCUT2D eigenvalue weighted by atomic mass is 9.89. The van der Waals surface area contributed by atoms with Gasteiger partial charge >= 0.3 is 0 Å². The fourth-order valence-corrected chi connectivity index (χ4v) is 1.63. The second-order valence-corrected chi connectivity index (χ2v) is 5.72. The molecule has 0 aromatic carbocycles. The van der Waals surface area contributed by atoms with Gasteiger partial charge in [-0.1, -0.05) is 52.9 Å². The molecule has 0 heterocycles. The fourth-order valence-electron chi connectivity index (χ4n) is 1.63. The highest BCUT2D eigenvalue weighted by Crippen LogP contribution is 2.22. The van der Waals surface area contributed by atoms with Gasteiger partial charge in [0.25, 0.3) is 0 Å². The van der Waals surface area contributed by atoms with Crippen LogP contribution in [0.1, 0.15) is 72.6 Å². The topological polar surface area (TPSA) is 20.2 Å². The van der Waals surface area contributed by atoms with Gasteiger partial charge in [0, 0.05) is 0 Å². The van der Waals surface area contributed by atoms with E-state index in [1.807, 2.05) is 6.92 Å². The Kier molecular flexibility index (Phi) is 7.26. The fraction of sp³-hybridized carbons (Fsp3) is 1.00. The first-order valence-electron chi connectivity index (χ1n) is 6.10. The first-order chi connectivity index (χ1) is 6.42. The summed E-state index contributed by atoms with van der Waals surface area (Å²) in [4.78, 5) is 0. The van der Waals surface area contributed by atoms with Crippen LogP contribution in [0.2, 0.25) is 0 Å². The summed E-state index contributed by atoms with van der Waals surface area (Å²) in [5.41, 5.74) is 0.500. The first kappa shape index (κ1) is 14.0. The van der Waals surface area contributed by atoms with Crippen molar-refractivity contribution in [2.45, 2.75) is 78.7 Å². The molecule has 0 aromatic rings. The van der Waals surface area contributed by atoms with Crippen LogP contribution >= 0.6 is 0 Å². The van der Waals surface area contributed by atoms with Crippen LogP contribution in [0.5, 0.6) is 0 Å². The van der Waals surface area contributed by atoms with Crippen molar-refractivity contribution in [1.29, 1.82) is 0 Å². The second kappa shape index (κ2) is 7.28. The molecule has 0 rings (SSSR count). The molecule has 0 amide bonds. The van der Waals surface area contributed by atoms with Crippen molar-refractivity contribution in [3.05, 3.63) is 0 Å². The van der Waals surface area contributed by atoms with Crippen LogP contribution in [0.15, 0.2) is 0 Å². The van der Waals surface area contributed by atoms with Crippen LogP contribution in [0.25, 0.3) is 0 Å². The minimum absolute atomic E-state index is 0.107. The molecule has 1 N–H and O–H groups in total. The maximum atomic E-state index is 9.06. The van der Waals surface area contributed by atoms with Crippen molar-refractivity contribution >= 4 is 0 Å². The molecule has 0 aromatic heterocycles. The summed E-state index contributed by atoms with van der Waals surface area (Å²) in [5, 5.41) is 9.06. The van der Waals surface area contributed by atoms with E-state index in [2.05, 4.69) is 20.8 Å². The molecule has 0 aliphatic carbocycles. The van der Waals surface area contributed by atoms with Crippen LogP contribution in [0.4, 0.5) is 0 Å². The van der Waals surface area contributed by atoms with Gasteiger partial charge in [-0.05, 0) is 25.2 Å². The molecule has 0 radical (unpaired) electrons. The van der Waals surface area contributed by atoms with E-state index >= 15 is 0 Å². The van der Waals surface area contributed by atoms with Gasteiger partial charge in [0.05, 0.1) is 6.10 Å². The van der Waals surface area contributed by atoms with Crippen LogP contribution in [0, 0.1) is 5.41 Å². The van der Waals surface area contributed by atoms with Gasteiger partial charge in [-0.15, -0.1) is 0 Å². The summed E-state index contributed by atoms with van der Waals surface area (Å²) in [6.45, 7) is 8.79. The number of hydrogen-bond acceptors (Lipinski definition) is 1. The van der Waals surface area contributed by atoms with E-state index in [4.69, 9.17) is 5.11 Å². The average molecular weight is 200 g/mol. The number of unbranched alkanes of at least 4 members (excludes halogenated alkanes) is 4. The van der Waals surface area contributed by atoms with E-state index in [-0.39, 0.29) is 6.10 Å². The minimum atomic E-state index is -0.107. The zero-order valence-electron chi connectivity index (χ0n) is 10.5. The molecule has 0 bridgehead atoms. The van der Waals surface area contributed by atoms with Gasteiger partial charge in [0.15, 0.2) is 0 Å². The molecule has 1 atom stereocenters. The van der Waals surface area contributed by atoms with Gasteiger partial charge in [-0.25, -0.2) is 0 Å². The van der Waals surface area contributed by atoms with E-state index in [1.165, 1.54) is 38.5 Å². The van der Waals surface area contributed by atoms with Crippen molar-refractivity contribution in [2.24, 2.45) is 5.41 Å². The third-order valence-electron chi connectivity index (χ3n) is 2.55. The van der Waals surface area contributed by atoms with Crippen molar-refractivity contribution in [2.75, 3.05) is 0 Å². The predicted octanol–water partition coefficient (Wildman–Crippen LogP) is 4.14. The average Bonchev–Trinajstić information content (AvgIpc) is 2.00. The molecule has 0 saturated heterocycles. The van der Waals surface area contributed by atoms with Gasteiger partial charge < -0.3 is 5.11 Å². The van der Waals surface area contributed by atoms with E-state index in [0.29, 0.717) is 5.41 Å². The second-order valence-electron chi connectivity index (χ2n) is 5.72. The third kappa shape index (κ3) is 12.0. The van der Waals surface area contributed by atoms with E-state index < -0.39 is 0 Å². The van der Waals surface area contributed by atoms with Crippen LogP contribution in [-0.4, -0.2) is 11.2 Å². The SMILES string of the molecule is CC(O)CCCCCCCC(C)(C)C. The first-order valence-corrected chi connectivity index (χ1v) is 6.10. The Bertz CT molecular complexity index is 122. The van der Waals surface area contributed by atoms with Crippen molar-refractivity contribution in [1.82, 2.24) is 0 Å². The summed E-state index contributed by atoms with van der Waals surface area (Å²) < 4.78 is 0. The molecule has 1 unspecified atom stereocenters. The number of aliphatic hydroxyl groups is 1. The molecule has 0 aliphatic rings. The molecule has 1 heteroatoms. The third-order valence-corrected chi connectivity index (χ3v) is 2.55. The van der Waals surface area contributed by atoms with Gasteiger partial charge in [-0.3, -0.25) is 0 Å². The molecule has 86 valence electrons. The zero-order valence-corrected chi connectivity index (χ0v) is 10.5. The quantitative estimate of drug-likeness (QED) is 0.612. The Morgan fingerprint density at radius 3 is 1.93 bits per heavy atom. The molecule has 0 aliphatic heterocycles. The normalized spacial score (nSPS) is 14.4. The highest BCUT2D eigenvalue weighted by molar-refractivity contribution is 4.61. The van der Waals surface area contributed by atoms with E-state index in [1.54, 1.807) is 0 Å². The summed E-state index contributed by atoms with van der Waals surface area (Å²) >= 11 is 0. The van der Waals surface area contributed by atoms with Gasteiger partial charge in [-0.2, -0.15) is 0 Å². The van der Waals surface area contributed by atoms with Crippen molar-refractivity contribution in [3.63, 3.8) is 0 Å². The monoisotopic (exact) mass is 200 g/mol. The van der Waals surface area contributed by atoms with Gasteiger partial charge in [0.1, 0.15) is 0 Å². The number of hydrogen-bond donors (Lipinski definition) is 1. The highest BCUT2D eigenvalue weighted by atomic mass is 16.3. The molecular formula is C13H28O. The smallest absolute Gasteiger partial charge is 0.0512 e.